The maximum absolute atomic E-state index is 12.3. The maximum Gasteiger partial charge on any atom is 0.289 e. The number of rotatable bonds is 6. The molecule has 1 aromatic carbocycles. The van der Waals surface area contributed by atoms with Crippen LogP contribution in [0.3, 0.4) is 0 Å². The molecular weight excluding hydrogens is 338 g/mol. The quantitative estimate of drug-likeness (QED) is 0.741. The molecule has 1 heterocycles. The van der Waals surface area contributed by atoms with Crippen LogP contribution in [0.4, 0.5) is 0 Å². The lowest BCUT2D eigenvalue weighted by Gasteiger charge is -2.12. The molecule has 0 N–H and O–H groups in total. The summed E-state index contributed by atoms with van der Waals surface area (Å²) >= 11 is 1.29. The Kier molecular flexibility index (Phi) is 5.02. The van der Waals surface area contributed by atoms with Crippen LogP contribution in [0.25, 0.3) is 10.6 Å². The van der Waals surface area contributed by atoms with Gasteiger partial charge in [-0.15, -0.1) is 11.3 Å². The van der Waals surface area contributed by atoms with Crippen molar-refractivity contribution >= 4 is 17.2 Å². The normalized spacial score (nSPS) is 13.4. The molecule has 2 aromatic rings. The molecule has 0 spiro atoms. The molecular formula is C18H19N3O3S. The van der Waals surface area contributed by atoms with Crippen LogP contribution in [-0.4, -0.2) is 36.7 Å². The van der Waals surface area contributed by atoms with Gasteiger partial charge in [-0.05, 0) is 43.9 Å². The van der Waals surface area contributed by atoms with Gasteiger partial charge < -0.3 is 4.74 Å². The van der Waals surface area contributed by atoms with Crippen molar-refractivity contribution in [2.24, 2.45) is 5.92 Å². The Hall–Kier alpha value is -2.43. The average Bonchev–Trinajstić information content (AvgIpc) is 3.38. The summed E-state index contributed by atoms with van der Waals surface area (Å²) in [5.41, 5.74) is 1.91. The highest BCUT2D eigenvalue weighted by Gasteiger charge is 2.23. The highest BCUT2D eigenvalue weighted by atomic mass is 32.1. The zero-order chi connectivity index (χ0) is 18.0. The van der Waals surface area contributed by atoms with Crippen LogP contribution in [0.2, 0.25) is 0 Å². The SMILES string of the molecule is CON(C)C(=O)c1sc(-c2ccc(OCC3CC3)c(C#N)c2)nc1C. The number of nitriles is 1. The van der Waals surface area contributed by atoms with Crippen LogP contribution in [0, 0.1) is 24.2 Å². The first-order chi connectivity index (χ1) is 12.0. The maximum atomic E-state index is 12.3. The summed E-state index contributed by atoms with van der Waals surface area (Å²) < 4.78 is 5.74. The molecule has 1 aromatic heterocycles. The number of hydroxylamine groups is 2. The molecule has 0 bridgehead atoms. The molecule has 1 fully saturated rings. The second-order valence-electron chi connectivity index (χ2n) is 6.00. The Labute approximate surface area is 150 Å². The topological polar surface area (TPSA) is 75.4 Å². The summed E-state index contributed by atoms with van der Waals surface area (Å²) in [4.78, 5) is 22.2. The summed E-state index contributed by atoms with van der Waals surface area (Å²) in [6.45, 7) is 2.45. The van der Waals surface area contributed by atoms with E-state index in [1.807, 2.05) is 6.07 Å². The monoisotopic (exact) mass is 357 g/mol. The number of amides is 1. The van der Waals surface area contributed by atoms with E-state index in [9.17, 15) is 10.1 Å². The molecule has 1 saturated carbocycles. The fourth-order valence-electron chi connectivity index (χ4n) is 2.31. The van der Waals surface area contributed by atoms with E-state index in [2.05, 4.69) is 11.1 Å². The van der Waals surface area contributed by atoms with E-state index in [4.69, 9.17) is 9.57 Å². The van der Waals surface area contributed by atoms with Gasteiger partial charge in [-0.1, -0.05) is 0 Å². The zero-order valence-corrected chi connectivity index (χ0v) is 15.2. The Balaban J connectivity index is 1.86. The minimum atomic E-state index is -0.242. The fraction of sp³-hybridized carbons (Fsp3) is 0.389. The van der Waals surface area contributed by atoms with E-state index in [0.29, 0.717) is 39.4 Å². The molecule has 25 heavy (non-hydrogen) atoms. The summed E-state index contributed by atoms with van der Waals surface area (Å²) in [6.07, 6.45) is 2.40. The molecule has 0 radical (unpaired) electrons. The smallest absolute Gasteiger partial charge is 0.289 e. The van der Waals surface area contributed by atoms with E-state index in [1.165, 1.54) is 36.4 Å². The zero-order valence-electron chi connectivity index (χ0n) is 14.4. The molecule has 0 unspecified atom stereocenters. The average molecular weight is 357 g/mol. The van der Waals surface area contributed by atoms with Crippen molar-refractivity contribution < 1.29 is 14.4 Å². The molecule has 7 heteroatoms. The van der Waals surface area contributed by atoms with Gasteiger partial charge in [0, 0.05) is 12.6 Å². The van der Waals surface area contributed by atoms with Gasteiger partial charge >= 0.3 is 0 Å². The Morgan fingerprint density at radius 1 is 1.48 bits per heavy atom. The van der Waals surface area contributed by atoms with Crippen LogP contribution in [-0.2, 0) is 4.84 Å². The molecule has 130 valence electrons. The number of benzene rings is 1. The number of thiazole rings is 1. The molecule has 1 aliphatic rings. The van der Waals surface area contributed by atoms with Crippen LogP contribution >= 0.6 is 11.3 Å². The van der Waals surface area contributed by atoms with Crippen molar-refractivity contribution in [1.82, 2.24) is 10.0 Å². The van der Waals surface area contributed by atoms with Crippen molar-refractivity contribution in [3.63, 3.8) is 0 Å². The van der Waals surface area contributed by atoms with Crippen molar-refractivity contribution in [3.05, 3.63) is 34.3 Å². The van der Waals surface area contributed by atoms with Crippen molar-refractivity contribution in [3.8, 4) is 22.4 Å². The standard InChI is InChI=1S/C18H19N3O3S/c1-11-16(18(22)21(2)23-3)25-17(20-11)13-6-7-15(14(8-13)9-19)24-10-12-4-5-12/h6-8,12H,4-5,10H2,1-3H3. The van der Waals surface area contributed by atoms with Gasteiger partial charge in [-0.25, -0.2) is 10.0 Å². The largest absolute Gasteiger partial charge is 0.492 e. The van der Waals surface area contributed by atoms with Gasteiger partial charge in [-0.2, -0.15) is 5.26 Å². The Bertz CT molecular complexity index is 837. The summed E-state index contributed by atoms with van der Waals surface area (Å²) in [7, 11) is 3.00. The van der Waals surface area contributed by atoms with Gasteiger partial charge in [-0.3, -0.25) is 9.63 Å². The van der Waals surface area contributed by atoms with E-state index >= 15 is 0 Å². The Morgan fingerprint density at radius 2 is 2.24 bits per heavy atom. The molecule has 1 aliphatic carbocycles. The summed E-state index contributed by atoms with van der Waals surface area (Å²) in [5, 5.41) is 11.3. The van der Waals surface area contributed by atoms with Crippen molar-refractivity contribution in [1.29, 1.82) is 5.26 Å². The van der Waals surface area contributed by atoms with Crippen LogP contribution in [0.5, 0.6) is 5.75 Å². The van der Waals surface area contributed by atoms with Crippen LogP contribution in [0.15, 0.2) is 18.2 Å². The number of hydrogen-bond acceptors (Lipinski definition) is 6. The lowest BCUT2D eigenvalue weighted by Crippen LogP contribution is -2.25. The molecule has 0 aliphatic heterocycles. The molecule has 0 atom stereocenters. The number of nitrogens with zero attached hydrogens (tertiary/aromatic N) is 3. The summed E-state index contributed by atoms with van der Waals surface area (Å²) in [5.74, 6) is 0.981. The number of hydrogen-bond donors (Lipinski definition) is 0. The minimum absolute atomic E-state index is 0.242. The van der Waals surface area contributed by atoms with Gasteiger partial charge in [0.2, 0.25) is 0 Å². The van der Waals surface area contributed by atoms with Gasteiger partial charge in [0.15, 0.2) is 0 Å². The summed E-state index contributed by atoms with van der Waals surface area (Å²) in [6, 6.07) is 7.61. The van der Waals surface area contributed by atoms with Gasteiger partial charge in [0.1, 0.15) is 21.7 Å². The number of aromatic nitrogens is 1. The predicted octanol–water partition coefficient (Wildman–Crippen LogP) is 3.41. The first-order valence-electron chi connectivity index (χ1n) is 8.00. The highest BCUT2D eigenvalue weighted by molar-refractivity contribution is 7.17. The lowest BCUT2D eigenvalue weighted by atomic mass is 10.1. The lowest BCUT2D eigenvalue weighted by molar-refractivity contribution is -0.0754. The second-order valence-corrected chi connectivity index (χ2v) is 6.99. The number of aryl methyl sites for hydroxylation is 1. The first-order valence-corrected chi connectivity index (χ1v) is 8.82. The van der Waals surface area contributed by atoms with Crippen molar-refractivity contribution in [2.45, 2.75) is 19.8 Å². The molecule has 0 saturated heterocycles. The third-order valence-corrected chi connectivity index (χ3v) is 5.26. The second kappa shape index (κ2) is 7.21. The highest BCUT2D eigenvalue weighted by Crippen LogP contribution is 2.33. The minimum Gasteiger partial charge on any atom is -0.492 e. The molecule has 6 nitrogen and oxygen atoms in total. The van der Waals surface area contributed by atoms with Crippen molar-refractivity contribution in [2.75, 3.05) is 20.8 Å². The van der Waals surface area contributed by atoms with E-state index in [-0.39, 0.29) is 5.91 Å². The number of carbonyl (C=O) groups is 1. The van der Waals surface area contributed by atoms with E-state index in [0.717, 1.165) is 5.56 Å². The van der Waals surface area contributed by atoms with Crippen LogP contribution < -0.4 is 4.74 Å². The molecule has 1 amide bonds. The van der Waals surface area contributed by atoms with Gasteiger partial charge in [0.25, 0.3) is 5.91 Å². The first kappa shape index (κ1) is 17.4. The van der Waals surface area contributed by atoms with E-state index in [1.54, 1.807) is 26.1 Å². The Morgan fingerprint density at radius 3 is 2.88 bits per heavy atom. The van der Waals surface area contributed by atoms with E-state index < -0.39 is 0 Å². The number of carbonyl (C=O) groups excluding carboxylic acids is 1. The molecule has 3 rings (SSSR count). The number of ether oxygens (including phenoxy) is 1. The van der Waals surface area contributed by atoms with Gasteiger partial charge in [0.05, 0.1) is 25.0 Å². The fourth-order valence-corrected chi connectivity index (χ4v) is 3.34. The third-order valence-electron chi connectivity index (χ3n) is 4.07. The predicted molar refractivity (Wildman–Crippen MR) is 94.3 cm³/mol. The third kappa shape index (κ3) is 3.81. The van der Waals surface area contributed by atoms with Crippen LogP contribution in [0.1, 0.15) is 33.8 Å².